The number of methoxy groups -OCH3 is 1. The molecule has 0 spiro atoms. The van der Waals surface area contributed by atoms with Gasteiger partial charge in [-0.15, -0.1) is 0 Å². The maximum absolute atomic E-state index is 13.0. The van der Waals surface area contributed by atoms with Gasteiger partial charge in [-0.1, -0.05) is 45.9 Å². The zero-order chi connectivity index (χ0) is 33.1. The van der Waals surface area contributed by atoms with Gasteiger partial charge in [0, 0.05) is 38.6 Å². The zero-order valence-corrected chi connectivity index (χ0v) is 29.8. The predicted octanol–water partition coefficient (Wildman–Crippen LogP) is 7.32. The molecule has 3 rings (SSSR count). The molecule has 258 valence electrons. The molecule has 2 heterocycles. The van der Waals surface area contributed by atoms with E-state index in [0.29, 0.717) is 49.9 Å². The first-order chi connectivity index (χ1) is 21.5. The zero-order valence-electron chi connectivity index (χ0n) is 29.8. The lowest BCUT2D eigenvalue weighted by atomic mass is 9.82. The molecule has 1 aliphatic carbocycles. The highest BCUT2D eigenvalue weighted by Crippen LogP contribution is 2.47. The maximum atomic E-state index is 13.0. The minimum absolute atomic E-state index is 0.0293. The smallest absolute Gasteiger partial charge is 0.409 e. The van der Waals surface area contributed by atoms with E-state index in [9.17, 15) is 9.59 Å². The highest BCUT2D eigenvalue weighted by atomic mass is 16.6. The number of nitrogens with zero attached hydrogens (tertiary/aromatic N) is 1. The Morgan fingerprint density at radius 1 is 1.07 bits per heavy atom. The summed E-state index contributed by atoms with van der Waals surface area (Å²) in [5, 5.41) is 3.19. The number of allylic oxidation sites excluding steroid dienone is 3. The van der Waals surface area contributed by atoms with Gasteiger partial charge in [-0.05, 0) is 102 Å². The van der Waals surface area contributed by atoms with Crippen molar-refractivity contribution in [3.8, 4) is 0 Å². The summed E-state index contributed by atoms with van der Waals surface area (Å²) in [6, 6.07) is 0. The van der Waals surface area contributed by atoms with Crippen LogP contribution < -0.4 is 5.32 Å². The van der Waals surface area contributed by atoms with Gasteiger partial charge in [0.25, 0.3) is 0 Å². The van der Waals surface area contributed by atoms with Crippen molar-refractivity contribution in [2.24, 2.45) is 29.6 Å². The van der Waals surface area contributed by atoms with Crippen LogP contribution >= 0.6 is 0 Å². The Balaban J connectivity index is 1.39. The van der Waals surface area contributed by atoms with Gasteiger partial charge >= 0.3 is 6.09 Å². The third-order valence-electron chi connectivity index (χ3n) is 10.7. The normalized spacial score (nSPS) is 32.5. The minimum atomic E-state index is -0.236. The molecule has 2 aliphatic heterocycles. The van der Waals surface area contributed by atoms with Gasteiger partial charge in [-0.25, -0.2) is 4.79 Å². The second-order valence-corrected chi connectivity index (χ2v) is 14.3. The lowest BCUT2D eigenvalue weighted by Crippen LogP contribution is -2.43. The van der Waals surface area contributed by atoms with Crippen LogP contribution in [0.2, 0.25) is 0 Å². The highest BCUT2D eigenvalue weighted by Gasteiger charge is 2.56. The molecule has 45 heavy (non-hydrogen) atoms. The molecule has 0 aromatic heterocycles. The molecular weight excluding hydrogens is 568 g/mol. The van der Waals surface area contributed by atoms with Gasteiger partial charge < -0.3 is 29.2 Å². The number of hydrogen-bond acceptors (Lipinski definition) is 6. The molecule has 2 amide bonds. The average molecular weight is 633 g/mol. The van der Waals surface area contributed by atoms with E-state index in [2.05, 4.69) is 65.1 Å². The molecule has 3 fully saturated rings. The van der Waals surface area contributed by atoms with Gasteiger partial charge in [0.15, 0.2) is 0 Å². The first-order valence-electron chi connectivity index (χ1n) is 17.9. The van der Waals surface area contributed by atoms with Crippen LogP contribution in [-0.4, -0.2) is 80.3 Å². The Bertz CT molecular complexity index is 983. The van der Waals surface area contributed by atoms with Crippen LogP contribution in [0.5, 0.6) is 0 Å². The fourth-order valence-electron chi connectivity index (χ4n) is 7.66. The molecular formula is C37H64N2O6. The van der Waals surface area contributed by atoms with Crippen molar-refractivity contribution in [2.75, 3.05) is 33.4 Å². The van der Waals surface area contributed by atoms with Crippen LogP contribution in [0.1, 0.15) is 107 Å². The van der Waals surface area contributed by atoms with Crippen molar-refractivity contribution >= 4 is 12.0 Å². The van der Waals surface area contributed by atoms with Crippen molar-refractivity contribution in [1.82, 2.24) is 10.2 Å². The lowest BCUT2D eigenvalue weighted by molar-refractivity contribution is -0.128. The number of amides is 2. The molecule has 0 radical (unpaired) electrons. The van der Waals surface area contributed by atoms with E-state index in [0.717, 1.165) is 51.4 Å². The molecule has 0 aromatic carbocycles. The summed E-state index contributed by atoms with van der Waals surface area (Å²) in [6.45, 7) is 19.6. The molecule has 8 heteroatoms. The van der Waals surface area contributed by atoms with Gasteiger partial charge in [0.2, 0.25) is 5.91 Å². The fraction of sp³-hybridized carbons (Fsp3) is 0.838. The SMILES string of the molecule is CC[C@H](OC)[C@@H](C)[C@H]1O[C@]1(C)C[C@H](C)/C=C/C=C(\C)[C@H]1O[C@@H](CNC(=O)[C@H]2CC[C@@H](COC(=O)N(CC)CC)CC2)CC[C@@H]1C. The van der Waals surface area contributed by atoms with Crippen molar-refractivity contribution < 1.29 is 28.5 Å². The first kappa shape index (κ1) is 37.6. The molecule has 0 bridgehead atoms. The second kappa shape index (κ2) is 17.9. The molecule has 3 aliphatic rings. The monoisotopic (exact) mass is 632 g/mol. The summed E-state index contributed by atoms with van der Waals surface area (Å²) in [7, 11) is 1.80. The van der Waals surface area contributed by atoms with Gasteiger partial charge in [0.05, 0.1) is 36.6 Å². The van der Waals surface area contributed by atoms with Crippen molar-refractivity contribution in [3.05, 3.63) is 23.8 Å². The van der Waals surface area contributed by atoms with Crippen LogP contribution in [-0.2, 0) is 23.7 Å². The number of carbonyl (C=O) groups excluding carboxylic acids is 2. The van der Waals surface area contributed by atoms with E-state index < -0.39 is 0 Å². The summed E-state index contributed by atoms with van der Waals surface area (Å²) in [4.78, 5) is 26.8. The Hall–Kier alpha value is -1.90. The fourth-order valence-corrected chi connectivity index (χ4v) is 7.66. The molecule has 1 saturated carbocycles. The van der Waals surface area contributed by atoms with Crippen LogP contribution in [0.4, 0.5) is 4.79 Å². The summed E-state index contributed by atoms with van der Waals surface area (Å²) >= 11 is 0. The Morgan fingerprint density at radius 2 is 1.76 bits per heavy atom. The quantitative estimate of drug-likeness (QED) is 0.142. The maximum Gasteiger partial charge on any atom is 0.409 e. The van der Waals surface area contributed by atoms with E-state index in [-0.39, 0.29) is 47.9 Å². The third-order valence-corrected chi connectivity index (χ3v) is 10.7. The van der Waals surface area contributed by atoms with E-state index in [1.54, 1.807) is 12.0 Å². The summed E-state index contributed by atoms with van der Waals surface area (Å²) in [5.74, 6) is 1.74. The standard InChI is InChI=1S/C37H64N2O6/c1-10-32(42-9)28(7)34-37(8,45-34)22-25(4)14-13-15-26(5)33-27(6)16-21-31(44-33)23-38-35(40)30-19-17-29(18-20-30)24-43-36(41)39(11-2)12-3/h13-15,25,27-34H,10-12,16-24H2,1-9H3,(H,38,40)/b14-13+,26-15+/t25-,27+,28-,29-,30+,31-,32+,33-,34-,37-/m1/s1. The number of rotatable bonds is 16. The van der Waals surface area contributed by atoms with E-state index in [4.69, 9.17) is 18.9 Å². The van der Waals surface area contributed by atoms with E-state index >= 15 is 0 Å². The molecule has 0 unspecified atom stereocenters. The first-order valence-corrected chi connectivity index (χ1v) is 17.9. The number of carbonyl (C=O) groups is 2. The Kier molecular flexibility index (Phi) is 14.9. The summed E-state index contributed by atoms with van der Waals surface area (Å²) in [6.07, 6.45) is 14.6. The number of nitrogens with one attached hydrogen (secondary N) is 1. The van der Waals surface area contributed by atoms with Crippen LogP contribution in [0.3, 0.4) is 0 Å². The number of hydrogen-bond donors (Lipinski definition) is 1. The Labute approximate surface area is 274 Å². The van der Waals surface area contributed by atoms with Crippen LogP contribution in [0.25, 0.3) is 0 Å². The van der Waals surface area contributed by atoms with Gasteiger partial charge in [0.1, 0.15) is 0 Å². The van der Waals surface area contributed by atoms with Crippen LogP contribution in [0, 0.1) is 29.6 Å². The van der Waals surface area contributed by atoms with Gasteiger partial charge in [-0.3, -0.25) is 4.79 Å². The molecule has 8 nitrogen and oxygen atoms in total. The highest BCUT2D eigenvalue weighted by molar-refractivity contribution is 5.78. The summed E-state index contributed by atoms with van der Waals surface area (Å²) in [5.41, 5.74) is 1.15. The average Bonchev–Trinajstić information content (AvgIpc) is 3.70. The third kappa shape index (κ3) is 10.8. The lowest BCUT2D eigenvalue weighted by Gasteiger charge is -2.36. The molecule has 1 N–H and O–H groups in total. The van der Waals surface area contributed by atoms with Crippen molar-refractivity contribution in [1.29, 1.82) is 0 Å². The van der Waals surface area contributed by atoms with Gasteiger partial charge in [-0.2, -0.15) is 0 Å². The van der Waals surface area contributed by atoms with Crippen LogP contribution in [0.15, 0.2) is 23.8 Å². The van der Waals surface area contributed by atoms with Crippen molar-refractivity contribution in [3.63, 3.8) is 0 Å². The number of ether oxygens (including phenoxy) is 4. The molecule has 0 aromatic rings. The molecule has 8 atom stereocenters. The predicted molar refractivity (Wildman–Crippen MR) is 180 cm³/mol. The topological polar surface area (TPSA) is 89.6 Å². The Morgan fingerprint density at radius 3 is 2.38 bits per heavy atom. The molecule has 2 saturated heterocycles. The second-order valence-electron chi connectivity index (χ2n) is 14.3. The van der Waals surface area contributed by atoms with E-state index in [1.807, 2.05) is 13.8 Å². The largest absolute Gasteiger partial charge is 0.449 e. The van der Waals surface area contributed by atoms with Crippen molar-refractivity contribution in [2.45, 2.75) is 137 Å². The summed E-state index contributed by atoms with van der Waals surface area (Å²) < 4.78 is 23.9. The number of epoxide rings is 1. The minimum Gasteiger partial charge on any atom is -0.449 e. The van der Waals surface area contributed by atoms with E-state index in [1.165, 1.54) is 5.57 Å².